The molecule has 0 unspecified atom stereocenters. The molecular weight excluding hydrogens is 330 g/mol. The summed E-state index contributed by atoms with van der Waals surface area (Å²) in [6.07, 6.45) is 0. The first-order valence-electron chi connectivity index (χ1n) is 8.49. The predicted octanol–water partition coefficient (Wildman–Crippen LogP) is 2.80. The van der Waals surface area contributed by atoms with E-state index < -0.39 is 0 Å². The molecule has 0 heterocycles. The van der Waals surface area contributed by atoms with Crippen LogP contribution in [0.5, 0.6) is 17.2 Å². The van der Waals surface area contributed by atoms with Gasteiger partial charge in [-0.15, -0.1) is 0 Å². The van der Waals surface area contributed by atoms with Gasteiger partial charge in [-0.2, -0.15) is 0 Å². The van der Waals surface area contributed by atoms with E-state index in [0.717, 1.165) is 22.4 Å². The molecule has 26 heavy (non-hydrogen) atoms. The van der Waals surface area contributed by atoms with E-state index in [1.165, 1.54) is 0 Å². The number of benzene rings is 2. The summed E-state index contributed by atoms with van der Waals surface area (Å²) < 4.78 is 16.3. The molecule has 0 bridgehead atoms. The van der Waals surface area contributed by atoms with Crippen LogP contribution in [0.3, 0.4) is 0 Å². The molecule has 0 aliphatic carbocycles. The second kappa shape index (κ2) is 9.56. The maximum atomic E-state index is 5.91. The third-order valence-corrected chi connectivity index (χ3v) is 3.94. The maximum Gasteiger partial charge on any atom is 0.189 e. The van der Waals surface area contributed by atoms with Crippen LogP contribution in [-0.2, 0) is 6.54 Å². The Kier molecular flexibility index (Phi) is 7.14. The summed E-state index contributed by atoms with van der Waals surface area (Å²) in [6.45, 7) is 5.62. The third kappa shape index (κ3) is 5.31. The van der Waals surface area contributed by atoms with E-state index in [9.17, 15) is 0 Å². The Bertz CT molecular complexity index is 740. The highest BCUT2D eigenvalue weighted by atomic mass is 16.5. The van der Waals surface area contributed by atoms with Gasteiger partial charge < -0.3 is 25.3 Å². The predicted molar refractivity (Wildman–Crippen MR) is 104 cm³/mol. The van der Waals surface area contributed by atoms with Crippen LogP contribution in [0.2, 0.25) is 0 Å². The SMILES string of the molecule is COc1ccc(CN=C(N)NCCOc2c(C)cccc2C)cc1OC. The first-order valence-corrected chi connectivity index (χ1v) is 8.49. The molecule has 0 spiro atoms. The molecule has 0 radical (unpaired) electrons. The maximum absolute atomic E-state index is 5.91. The van der Waals surface area contributed by atoms with E-state index in [1.54, 1.807) is 14.2 Å². The number of hydrogen-bond donors (Lipinski definition) is 2. The molecule has 2 aromatic rings. The van der Waals surface area contributed by atoms with E-state index in [4.69, 9.17) is 19.9 Å². The normalized spacial score (nSPS) is 11.2. The molecule has 6 nitrogen and oxygen atoms in total. The second-order valence-electron chi connectivity index (χ2n) is 5.89. The monoisotopic (exact) mass is 357 g/mol. The van der Waals surface area contributed by atoms with Gasteiger partial charge in [-0.1, -0.05) is 24.3 Å². The molecule has 0 fully saturated rings. The zero-order valence-corrected chi connectivity index (χ0v) is 15.8. The van der Waals surface area contributed by atoms with Gasteiger partial charge in [0.2, 0.25) is 0 Å². The molecular formula is C20H27N3O3. The van der Waals surface area contributed by atoms with Crippen LogP contribution in [0, 0.1) is 13.8 Å². The fourth-order valence-electron chi connectivity index (χ4n) is 2.57. The van der Waals surface area contributed by atoms with Gasteiger partial charge in [-0.3, -0.25) is 0 Å². The van der Waals surface area contributed by atoms with Crippen molar-refractivity contribution in [2.75, 3.05) is 27.4 Å². The first-order chi connectivity index (χ1) is 12.5. The molecule has 2 rings (SSSR count). The molecule has 3 N–H and O–H groups in total. The van der Waals surface area contributed by atoms with Gasteiger partial charge in [-0.25, -0.2) is 4.99 Å². The molecule has 0 aliphatic heterocycles. The highest BCUT2D eigenvalue weighted by Crippen LogP contribution is 2.27. The van der Waals surface area contributed by atoms with Crippen LogP contribution in [0.4, 0.5) is 0 Å². The van der Waals surface area contributed by atoms with Crippen LogP contribution in [-0.4, -0.2) is 33.3 Å². The Morgan fingerprint density at radius 1 is 1.04 bits per heavy atom. The summed E-state index contributed by atoms with van der Waals surface area (Å²) >= 11 is 0. The van der Waals surface area contributed by atoms with Gasteiger partial charge in [0, 0.05) is 0 Å². The Balaban J connectivity index is 1.81. The van der Waals surface area contributed by atoms with E-state index >= 15 is 0 Å². The van der Waals surface area contributed by atoms with Gasteiger partial charge >= 0.3 is 0 Å². The van der Waals surface area contributed by atoms with Crippen LogP contribution in [0.15, 0.2) is 41.4 Å². The highest BCUT2D eigenvalue weighted by molar-refractivity contribution is 5.77. The van der Waals surface area contributed by atoms with Crippen molar-refractivity contribution in [3.8, 4) is 17.2 Å². The van der Waals surface area contributed by atoms with Crippen molar-refractivity contribution in [3.63, 3.8) is 0 Å². The largest absolute Gasteiger partial charge is 0.493 e. The summed E-state index contributed by atoms with van der Waals surface area (Å²) in [4.78, 5) is 4.34. The molecule has 2 aromatic carbocycles. The van der Waals surface area contributed by atoms with E-state index in [2.05, 4.69) is 10.3 Å². The zero-order chi connectivity index (χ0) is 18.9. The van der Waals surface area contributed by atoms with E-state index in [1.807, 2.05) is 50.2 Å². The third-order valence-electron chi connectivity index (χ3n) is 3.94. The number of hydrogen-bond acceptors (Lipinski definition) is 4. The lowest BCUT2D eigenvalue weighted by molar-refractivity contribution is 0.318. The summed E-state index contributed by atoms with van der Waals surface area (Å²) in [7, 11) is 3.22. The summed E-state index contributed by atoms with van der Waals surface area (Å²) in [6, 6.07) is 11.8. The topological polar surface area (TPSA) is 78.1 Å². The van der Waals surface area contributed by atoms with Crippen molar-refractivity contribution in [2.24, 2.45) is 10.7 Å². The first kappa shape index (κ1) is 19.4. The fourth-order valence-corrected chi connectivity index (χ4v) is 2.57. The van der Waals surface area contributed by atoms with Crippen molar-refractivity contribution in [2.45, 2.75) is 20.4 Å². The van der Waals surface area contributed by atoms with Gasteiger partial charge in [0.05, 0.1) is 27.3 Å². The average molecular weight is 357 g/mol. The lowest BCUT2D eigenvalue weighted by atomic mass is 10.1. The van der Waals surface area contributed by atoms with Crippen molar-refractivity contribution in [1.82, 2.24) is 5.32 Å². The van der Waals surface area contributed by atoms with E-state index in [-0.39, 0.29) is 0 Å². The van der Waals surface area contributed by atoms with Crippen molar-refractivity contribution in [1.29, 1.82) is 0 Å². The Labute approximate surface area is 155 Å². The highest BCUT2D eigenvalue weighted by Gasteiger charge is 2.05. The lowest BCUT2D eigenvalue weighted by Gasteiger charge is -2.12. The standard InChI is InChI=1S/C20H27N3O3/c1-14-6-5-7-15(2)19(14)26-11-10-22-20(21)23-13-16-8-9-17(24-3)18(12-16)25-4/h5-9,12H,10-11,13H2,1-4H3,(H3,21,22,23). The van der Waals surface area contributed by atoms with Gasteiger partial charge in [0.15, 0.2) is 17.5 Å². The van der Waals surface area contributed by atoms with Gasteiger partial charge in [-0.05, 0) is 42.7 Å². The van der Waals surface area contributed by atoms with Crippen molar-refractivity contribution >= 4 is 5.96 Å². The average Bonchev–Trinajstić information content (AvgIpc) is 2.65. The molecule has 0 aromatic heterocycles. The van der Waals surface area contributed by atoms with Crippen molar-refractivity contribution in [3.05, 3.63) is 53.1 Å². The number of para-hydroxylation sites is 1. The number of rotatable bonds is 8. The number of nitrogens with two attached hydrogens (primary N) is 1. The summed E-state index contributed by atoms with van der Waals surface area (Å²) in [5.74, 6) is 2.67. The summed E-state index contributed by atoms with van der Waals surface area (Å²) in [5, 5.41) is 3.06. The molecule has 0 amide bonds. The number of methoxy groups -OCH3 is 2. The van der Waals surface area contributed by atoms with Crippen LogP contribution in [0.25, 0.3) is 0 Å². The molecule has 0 aliphatic rings. The molecule has 0 atom stereocenters. The number of ether oxygens (including phenoxy) is 3. The zero-order valence-electron chi connectivity index (χ0n) is 15.8. The number of aliphatic imine (C=N–C) groups is 1. The number of nitrogens with one attached hydrogen (secondary N) is 1. The number of guanidine groups is 1. The van der Waals surface area contributed by atoms with Crippen LogP contribution in [0.1, 0.15) is 16.7 Å². The summed E-state index contributed by atoms with van der Waals surface area (Å²) in [5.41, 5.74) is 9.15. The van der Waals surface area contributed by atoms with Gasteiger partial charge in [0.25, 0.3) is 0 Å². The Hall–Kier alpha value is -2.89. The fraction of sp³-hybridized carbons (Fsp3) is 0.350. The quantitative estimate of drug-likeness (QED) is 0.431. The van der Waals surface area contributed by atoms with Crippen molar-refractivity contribution < 1.29 is 14.2 Å². The number of nitrogens with zero attached hydrogens (tertiary/aromatic N) is 1. The van der Waals surface area contributed by atoms with E-state index in [0.29, 0.717) is 37.2 Å². The lowest BCUT2D eigenvalue weighted by Crippen LogP contribution is -2.34. The second-order valence-corrected chi connectivity index (χ2v) is 5.89. The number of aryl methyl sites for hydroxylation is 2. The minimum atomic E-state index is 0.380. The molecule has 0 saturated carbocycles. The minimum absolute atomic E-state index is 0.380. The minimum Gasteiger partial charge on any atom is -0.493 e. The molecule has 0 saturated heterocycles. The van der Waals surface area contributed by atoms with Crippen LogP contribution < -0.4 is 25.3 Å². The molecule has 140 valence electrons. The Morgan fingerprint density at radius 2 is 1.73 bits per heavy atom. The smallest absolute Gasteiger partial charge is 0.189 e. The van der Waals surface area contributed by atoms with Gasteiger partial charge in [0.1, 0.15) is 12.4 Å². The molecule has 6 heteroatoms. The Morgan fingerprint density at radius 3 is 2.38 bits per heavy atom. The van der Waals surface area contributed by atoms with Crippen LogP contribution >= 0.6 is 0 Å².